The number of ether oxygens (including phenoxy) is 1. The van der Waals surface area contributed by atoms with Gasteiger partial charge in [-0.3, -0.25) is 14.4 Å². The number of aldehydes is 1. The third kappa shape index (κ3) is 215. The summed E-state index contributed by atoms with van der Waals surface area (Å²) in [7, 11) is 5.24. The van der Waals surface area contributed by atoms with Crippen LogP contribution in [0.25, 0.3) is 0 Å². The highest BCUT2D eigenvalue weighted by atomic mass is 16.5. The molecule has 0 unspecified atom stereocenters. The fourth-order valence-electron chi connectivity index (χ4n) is 1.60. The Morgan fingerprint density at radius 3 is 1.10 bits per heavy atom. The van der Waals surface area contributed by atoms with Crippen molar-refractivity contribution in [3.8, 4) is 0 Å². The molecule has 1 aliphatic rings. The molecule has 0 spiro atoms. The first-order chi connectivity index (χ1) is 20.7. The van der Waals surface area contributed by atoms with Crippen LogP contribution in [0.5, 0.6) is 0 Å². The van der Waals surface area contributed by atoms with E-state index in [1.807, 2.05) is 13.8 Å². The highest BCUT2D eigenvalue weighted by Crippen LogP contribution is 2.02. The minimum absolute atomic E-state index is 0. The fourth-order valence-corrected chi connectivity index (χ4v) is 1.60. The summed E-state index contributed by atoms with van der Waals surface area (Å²) >= 11 is 0. The molecular formula is C36H76N2O10. The van der Waals surface area contributed by atoms with E-state index in [4.69, 9.17) is 14.0 Å². The average molecular weight is 697 g/mol. The van der Waals surface area contributed by atoms with E-state index in [1.165, 1.54) is 109 Å². The molecule has 0 atom stereocenters. The zero-order valence-corrected chi connectivity index (χ0v) is 31.0. The summed E-state index contributed by atoms with van der Waals surface area (Å²) in [5.41, 5.74) is 0. The van der Waals surface area contributed by atoms with Crippen LogP contribution in [0.2, 0.25) is 0 Å². The first kappa shape index (κ1) is 74.9. The van der Waals surface area contributed by atoms with Crippen LogP contribution >= 0.6 is 0 Å². The smallest absolute Gasteiger partial charge is 0.292 e. The summed E-state index contributed by atoms with van der Waals surface area (Å²) in [6.45, 7) is 24.2. The van der Waals surface area contributed by atoms with Crippen LogP contribution in [-0.4, -0.2) is 93.2 Å². The molecular weight excluding hydrogens is 620 g/mol. The van der Waals surface area contributed by atoms with E-state index < -0.39 is 0 Å². The van der Waals surface area contributed by atoms with Crippen molar-refractivity contribution in [2.45, 2.75) is 125 Å². The van der Waals surface area contributed by atoms with Crippen molar-refractivity contribution < 1.29 is 47.5 Å². The number of ketones is 6. The topological polar surface area (TPSA) is 174 Å². The van der Waals surface area contributed by atoms with Gasteiger partial charge < -0.3 is 43.3 Å². The number of carbonyl (C=O) groups is 8. The number of Topliss-reactive ketones (excluding diaryl/α,β-unsaturated/α-hetero) is 6. The Hall–Kier alpha value is -3.64. The highest BCUT2D eigenvalue weighted by Gasteiger charge is 2.03. The minimum Gasteiger partial charge on any atom is -0.471 e. The van der Waals surface area contributed by atoms with Crippen molar-refractivity contribution >= 4 is 47.5 Å². The molecule has 0 radical (unpaired) electrons. The molecule has 1 aliphatic heterocycles. The SMILES string of the molecule is C.C.C.CC.CC(=O)c1ccco1.CC(C)=O.CC(C)=O.CC(C)=O.CC(C)=O.CC=O.CN1CCCC1.CNCC(C)=O.COC=O. The lowest BCUT2D eigenvalue weighted by Gasteiger charge is -2.01. The Labute approximate surface area is 295 Å². The van der Waals surface area contributed by atoms with Crippen LogP contribution in [0.4, 0.5) is 0 Å². The Morgan fingerprint density at radius 2 is 1.04 bits per heavy atom. The molecule has 12 heteroatoms. The zero-order valence-electron chi connectivity index (χ0n) is 31.0. The minimum atomic E-state index is -0.0324. The summed E-state index contributed by atoms with van der Waals surface area (Å²) in [6, 6.07) is 3.33. The lowest BCUT2D eigenvalue weighted by atomic mass is 10.3. The van der Waals surface area contributed by atoms with Gasteiger partial charge >= 0.3 is 0 Å². The molecule has 0 saturated carbocycles. The molecule has 48 heavy (non-hydrogen) atoms. The highest BCUT2D eigenvalue weighted by molar-refractivity contribution is 5.91. The predicted octanol–water partition coefficient (Wildman–Crippen LogP) is 7.30. The molecule has 1 aromatic rings. The summed E-state index contributed by atoms with van der Waals surface area (Å²) in [4.78, 5) is 78.3. The van der Waals surface area contributed by atoms with Gasteiger partial charge in [-0.05, 0) is 121 Å². The average Bonchev–Trinajstić information content (AvgIpc) is 3.60. The summed E-state index contributed by atoms with van der Waals surface area (Å²) in [6.07, 6.45) is 5.06. The maximum Gasteiger partial charge on any atom is 0.292 e. The number of furan rings is 1. The number of hydrogen-bond acceptors (Lipinski definition) is 12. The van der Waals surface area contributed by atoms with Crippen molar-refractivity contribution in [1.82, 2.24) is 10.2 Å². The van der Waals surface area contributed by atoms with Crippen molar-refractivity contribution in [3.63, 3.8) is 0 Å². The predicted molar refractivity (Wildman–Crippen MR) is 202 cm³/mol. The lowest BCUT2D eigenvalue weighted by molar-refractivity contribution is -0.126. The quantitative estimate of drug-likeness (QED) is 0.246. The Bertz CT molecular complexity index is 753. The van der Waals surface area contributed by atoms with E-state index in [2.05, 4.69) is 22.0 Å². The van der Waals surface area contributed by atoms with Crippen molar-refractivity contribution in [2.24, 2.45) is 0 Å². The van der Waals surface area contributed by atoms with Gasteiger partial charge in [0, 0.05) is 6.92 Å². The van der Waals surface area contributed by atoms with Gasteiger partial charge in [0.05, 0.1) is 19.9 Å². The maximum atomic E-state index is 10.4. The molecule has 0 aromatic carbocycles. The second-order valence-corrected chi connectivity index (χ2v) is 8.98. The zero-order chi connectivity index (χ0) is 37.8. The van der Waals surface area contributed by atoms with E-state index in [0.717, 1.165) is 6.29 Å². The van der Waals surface area contributed by atoms with Gasteiger partial charge in [0.25, 0.3) is 6.47 Å². The molecule has 1 aromatic heterocycles. The van der Waals surface area contributed by atoms with Gasteiger partial charge in [0.15, 0.2) is 11.5 Å². The Balaban J connectivity index is -0.0000000357. The number of nitrogens with one attached hydrogen (secondary N) is 1. The van der Waals surface area contributed by atoms with Crippen LogP contribution in [0.1, 0.15) is 136 Å². The van der Waals surface area contributed by atoms with Gasteiger partial charge in [-0.15, -0.1) is 0 Å². The number of carbonyl (C=O) groups excluding carboxylic acids is 8. The van der Waals surface area contributed by atoms with Crippen molar-refractivity contribution in [2.75, 3.05) is 40.8 Å². The summed E-state index contributed by atoms with van der Waals surface area (Å²) in [5.74, 6) is 1.23. The van der Waals surface area contributed by atoms with E-state index in [0.29, 0.717) is 18.8 Å². The number of rotatable bonds is 4. The summed E-state index contributed by atoms with van der Waals surface area (Å²) in [5, 5.41) is 2.72. The third-order valence-corrected chi connectivity index (χ3v) is 2.72. The first-order valence-corrected chi connectivity index (χ1v) is 14.3. The van der Waals surface area contributed by atoms with Crippen LogP contribution < -0.4 is 5.32 Å². The fraction of sp³-hybridized carbons (Fsp3) is 0.667. The molecule has 290 valence electrons. The monoisotopic (exact) mass is 697 g/mol. The largest absolute Gasteiger partial charge is 0.471 e. The molecule has 0 amide bonds. The molecule has 2 heterocycles. The second kappa shape index (κ2) is 69.9. The second-order valence-electron chi connectivity index (χ2n) is 8.98. The number of nitrogens with zero attached hydrogens (tertiary/aromatic N) is 1. The Kier molecular flexibility index (Phi) is 109. The van der Waals surface area contributed by atoms with Crippen LogP contribution in [-0.2, 0) is 38.3 Å². The molecule has 1 fully saturated rings. The van der Waals surface area contributed by atoms with Gasteiger partial charge in [-0.1, -0.05) is 36.1 Å². The van der Waals surface area contributed by atoms with Crippen LogP contribution in [0.15, 0.2) is 22.8 Å². The van der Waals surface area contributed by atoms with Crippen molar-refractivity contribution in [3.05, 3.63) is 24.2 Å². The summed E-state index contributed by atoms with van der Waals surface area (Å²) < 4.78 is 8.61. The molecule has 0 aliphatic carbocycles. The van der Waals surface area contributed by atoms with E-state index in [1.54, 1.807) is 26.1 Å². The molecule has 0 bridgehead atoms. The van der Waals surface area contributed by atoms with E-state index >= 15 is 0 Å². The van der Waals surface area contributed by atoms with E-state index in [-0.39, 0.29) is 57.0 Å². The van der Waals surface area contributed by atoms with Crippen LogP contribution in [0, 0.1) is 0 Å². The molecule has 1 saturated heterocycles. The van der Waals surface area contributed by atoms with Gasteiger partial charge in [0.2, 0.25) is 0 Å². The van der Waals surface area contributed by atoms with Gasteiger partial charge in [0.1, 0.15) is 35.2 Å². The third-order valence-electron chi connectivity index (χ3n) is 2.72. The molecule has 2 rings (SSSR count). The molecule has 1 N–H and O–H groups in total. The standard InChI is InChI=1S/C6H6O2.C5H11N.C4H9NO.4C3H6O.C2H4O2.C2H4O.C2H6.3CH4/c1-5(7)6-3-2-4-8-6;1-6-4-2-3-5-6;1-4(6)3-5-2;4*1-3(2)4;1-4-2-3;1-2-3;1-2;;;/h2-4H,1H3;2-5H2,1H3;5H,3H2,1-2H3;4*1-2H3;2H,1H3;2H,1H3;1-2H3;3*1H4. The number of likely N-dealkylation sites (tertiary alicyclic amines) is 1. The normalized spacial score (nSPS) is 8.75. The first-order valence-electron chi connectivity index (χ1n) is 14.3. The van der Waals surface area contributed by atoms with E-state index in [9.17, 15) is 28.8 Å². The number of likely N-dealkylation sites (N-methyl/N-ethyl adjacent to an activating group) is 1. The number of hydrogen-bond donors (Lipinski definition) is 1. The Morgan fingerprint density at radius 1 is 0.771 bits per heavy atom. The lowest BCUT2D eigenvalue weighted by Crippen LogP contribution is -2.14. The van der Waals surface area contributed by atoms with Crippen molar-refractivity contribution in [1.29, 1.82) is 0 Å². The van der Waals surface area contributed by atoms with Gasteiger partial charge in [-0.25, -0.2) is 0 Å². The maximum absolute atomic E-state index is 10.4. The number of methoxy groups -OCH3 is 1. The van der Waals surface area contributed by atoms with Gasteiger partial charge in [-0.2, -0.15) is 0 Å². The van der Waals surface area contributed by atoms with Crippen LogP contribution in [0.3, 0.4) is 0 Å². The molecule has 12 nitrogen and oxygen atoms in total.